The van der Waals surface area contributed by atoms with Crippen LogP contribution in [0.1, 0.15) is 32.6 Å². The van der Waals surface area contributed by atoms with Gasteiger partial charge in [-0.3, -0.25) is 0 Å². The lowest BCUT2D eigenvalue weighted by Gasteiger charge is -2.34. The SMILES string of the molecule is CC1CC2CCC(C1)N2C.O=C=O. The molecule has 0 aliphatic carbocycles. The third-order valence-corrected chi connectivity index (χ3v) is 3.33. The highest BCUT2D eigenvalue weighted by Crippen LogP contribution is 2.36. The Morgan fingerprint density at radius 2 is 1.54 bits per heavy atom. The van der Waals surface area contributed by atoms with Crippen LogP contribution in [-0.4, -0.2) is 30.2 Å². The van der Waals surface area contributed by atoms with E-state index in [-0.39, 0.29) is 6.15 Å². The van der Waals surface area contributed by atoms with E-state index < -0.39 is 0 Å². The largest absolute Gasteiger partial charge is 0.373 e. The Morgan fingerprint density at radius 3 is 1.92 bits per heavy atom. The van der Waals surface area contributed by atoms with Crippen molar-refractivity contribution >= 4 is 6.15 Å². The van der Waals surface area contributed by atoms with Gasteiger partial charge in [-0.05, 0) is 38.6 Å². The van der Waals surface area contributed by atoms with E-state index in [4.69, 9.17) is 9.59 Å². The minimum Gasteiger partial charge on any atom is -0.300 e. The van der Waals surface area contributed by atoms with Crippen molar-refractivity contribution in [3.05, 3.63) is 0 Å². The average Bonchev–Trinajstić information content (AvgIpc) is 2.35. The van der Waals surface area contributed by atoms with E-state index in [1.165, 1.54) is 25.7 Å². The fraction of sp³-hybridized carbons (Fsp3) is 0.900. The summed E-state index contributed by atoms with van der Waals surface area (Å²) in [6, 6.07) is 1.88. The summed E-state index contributed by atoms with van der Waals surface area (Å²) < 4.78 is 0. The maximum atomic E-state index is 8.12. The highest BCUT2D eigenvalue weighted by atomic mass is 16.2. The van der Waals surface area contributed by atoms with Gasteiger partial charge >= 0.3 is 6.15 Å². The predicted octanol–water partition coefficient (Wildman–Crippen LogP) is 1.30. The van der Waals surface area contributed by atoms with Crippen molar-refractivity contribution < 1.29 is 9.59 Å². The summed E-state index contributed by atoms with van der Waals surface area (Å²) in [4.78, 5) is 18.8. The van der Waals surface area contributed by atoms with Gasteiger partial charge in [0.05, 0.1) is 0 Å². The van der Waals surface area contributed by atoms with Crippen molar-refractivity contribution in [1.82, 2.24) is 4.90 Å². The minimum absolute atomic E-state index is 0.250. The van der Waals surface area contributed by atoms with Gasteiger partial charge < -0.3 is 4.90 Å². The van der Waals surface area contributed by atoms with Crippen molar-refractivity contribution in [2.45, 2.75) is 44.7 Å². The van der Waals surface area contributed by atoms with Gasteiger partial charge in [0.2, 0.25) is 0 Å². The molecule has 2 atom stereocenters. The van der Waals surface area contributed by atoms with Crippen LogP contribution in [0.3, 0.4) is 0 Å². The summed E-state index contributed by atoms with van der Waals surface area (Å²) in [5.41, 5.74) is 0. The van der Waals surface area contributed by atoms with E-state index in [9.17, 15) is 0 Å². The Kier molecular flexibility index (Phi) is 3.64. The van der Waals surface area contributed by atoms with Gasteiger partial charge in [-0.2, -0.15) is 9.59 Å². The zero-order valence-corrected chi connectivity index (χ0v) is 8.32. The molecule has 3 nitrogen and oxygen atoms in total. The third-order valence-electron chi connectivity index (χ3n) is 3.33. The van der Waals surface area contributed by atoms with Crippen LogP contribution in [0.15, 0.2) is 0 Å². The molecule has 2 fully saturated rings. The molecule has 0 radical (unpaired) electrons. The molecule has 0 saturated carbocycles. The van der Waals surface area contributed by atoms with Crippen LogP contribution in [0.2, 0.25) is 0 Å². The summed E-state index contributed by atoms with van der Waals surface area (Å²) in [5, 5.41) is 0. The number of piperidine rings is 1. The third kappa shape index (κ3) is 2.39. The maximum Gasteiger partial charge on any atom is 0.373 e. The number of rotatable bonds is 0. The first-order chi connectivity index (χ1) is 6.19. The Morgan fingerprint density at radius 1 is 1.15 bits per heavy atom. The average molecular weight is 183 g/mol. The lowest BCUT2D eigenvalue weighted by Crippen LogP contribution is -2.39. The van der Waals surface area contributed by atoms with E-state index in [0.717, 1.165) is 18.0 Å². The van der Waals surface area contributed by atoms with Crippen LogP contribution in [0.25, 0.3) is 0 Å². The maximum absolute atomic E-state index is 8.12. The van der Waals surface area contributed by atoms with Gasteiger partial charge in [-0.1, -0.05) is 6.92 Å². The van der Waals surface area contributed by atoms with Gasteiger partial charge in [0, 0.05) is 12.1 Å². The topological polar surface area (TPSA) is 37.4 Å². The van der Waals surface area contributed by atoms with E-state index >= 15 is 0 Å². The molecule has 2 rings (SSSR count). The summed E-state index contributed by atoms with van der Waals surface area (Å²) in [5.74, 6) is 0.994. The molecule has 3 heteroatoms. The van der Waals surface area contributed by atoms with Crippen LogP contribution in [0.4, 0.5) is 0 Å². The first-order valence-electron chi connectivity index (χ1n) is 4.90. The highest BCUT2D eigenvalue weighted by molar-refractivity contribution is 5.20. The fourth-order valence-electron chi connectivity index (χ4n) is 2.68. The van der Waals surface area contributed by atoms with E-state index in [1.807, 2.05) is 0 Å². The van der Waals surface area contributed by atoms with Crippen molar-refractivity contribution in [3.63, 3.8) is 0 Å². The second kappa shape index (κ2) is 4.54. The molecule has 13 heavy (non-hydrogen) atoms. The molecular formula is C10H17NO2. The lowest BCUT2D eigenvalue weighted by atomic mass is 9.93. The van der Waals surface area contributed by atoms with Crippen molar-refractivity contribution in [3.8, 4) is 0 Å². The van der Waals surface area contributed by atoms with Crippen LogP contribution in [0.5, 0.6) is 0 Å². The number of carbonyl (C=O) groups excluding carboxylic acids is 2. The minimum atomic E-state index is 0.250. The normalized spacial score (nSPS) is 37.5. The molecular weight excluding hydrogens is 166 g/mol. The van der Waals surface area contributed by atoms with E-state index in [0.29, 0.717) is 0 Å². The molecule has 2 aliphatic heterocycles. The monoisotopic (exact) mass is 183 g/mol. The molecule has 2 heterocycles. The van der Waals surface area contributed by atoms with Crippen LogP contribution in [-0.2, 0) is 9.59 Å². The summed E-state index contributed by atoms with van der Waals surface area (Å²) in [7, 11) is 2.30. The first-order valence-corrected chi connectivity index (χ1v) is 4.90. The molecule has 74 valence electrons. The molecule has 2 unspecified atom stereocenters. The molecule has 0 aromatic carbocycles. The zero-order valence-electron chi connectivity index (χ0n) is 8.32. The van der Waals surface area contributed by atoms with Gasteiger partial charge in [-0.25, -0.2) is 0 Å². The molecule has 2 bridgehead atoms. The number of fused-ring (bicyclic) bond motifs is 2. The van der Waals surface area contributed by atoms with Gasteiger partial charge in [0.15, 0.2) is 0 Å². The van der Waals surface area contributed by atoms with Gasteiger partial charge in [-0.15, -0.1) is 0 Å². The van der Waals surface area contributed by atoms with Crippen LogP contribution >= 0.6 is 0 Å². The smallest absolute Gasteiger partial charge is 0.300 e. The molecule has 2 aliphatic rings. The summed E-state index contributed by atoms with van der Waals surface area (Å²) in [6.45, 7) is 2.40. The lowest BCUT2D eigenvalue weighted by molar-refractivity contribution is -0.191. The predicted molar refractivity (Wildman–Crippen MR) is 48.0 cm³/mol. The Bertz CT molecular complexity index is 185. The van der Waals surface area contributed by atoms with Crippen LogP contribution in [0, 0.1) is 5.92 Å². The van der Waals surface area contributed by atoms with Crippen LogP contribution < -0.4 is 0 Å². The highest BCUT2D eigenvalue weighted by Gasteiger charge is 2.36. The van der Waals surface area contributed by atoms with Gasteiger partial charge in [0.1, 0.15) is 0 Å². The number of hydrogen-bond acceptors (Lipinski definition) is 3. The second-order valence-corrected chi connectivity index (χ2v) is 4.21. The Hall–Kier alpha value is -0.660. The first kappa shape index (κ1) is 10.4. The number of nitrogens with zero attached hydrogens (tertiary/aromatic N) is 1. The van der Waals surface area contributed by atoms with Crippen molar-refractivity contribution in [2.24, 2.45) is 5.92 Å². The van der Waals surface area contributed by atoms with Crippen molar-refractivity contribution in [1.29, 1.82) is 0 Å². The Labute approximate surface area is 79.1 Å². The van der Waals surface area contributed by atoms with E-state index in [1.54, 1.807) is 0 Å². The summed E-state index contributed by atoms with van der Waals surface area (Å²) in [6.07, 6.45) is 6.08. The quantitative estimate of drug-likeness (QED) is 0.568. The number of hydrogen-bond donors (Lipinski definition) is 0. The summed E-state index contributed by atoms with van der Waals surface area (Å²) >= 11 is 0. The molecule has 0 N–H and O–H groups in total. The molecule has 0 aromatic heterocycles. The molecule has 0 spiro atoms. The van der Waals surface area contributed by atoms with Gasteiger partial charge in [0.25, 0.3) is 0 Å². The molecule has 2 saturated heterocycles. The Balaban J connectivity index is 0.000000251. The zero-order chi connectivity index (χ0) is 9.84. The van der Waals surface area contributed by atoms with E-state index in [2.05, 4.69) is 18.9 Å². The second-order valence-electron chi connectivity index (χ2n) is 4.21. The standard InChI is InChI=1S/C9H17N.CO2/c1-7-5-8-3-4-9(6-7)10(8)2;2-1-3/h7-9H,3-6H2,1-2H3;. The fourth-order valence-corrected chi connectivity index (χ4v) is 2.68. The van der Waals surface area contributed by atoms with Crippen molar-refractivity contribution in [2.75, 3.05) is 7.05 Å². The molecule has 0 amide bonds. The molecule has 0 aromatic rings.